The van der Waals surface area contributed by atoms with Gasteiger partial charge in [-0.2, -0.15) is 4.98 Å². The minimum atomic E-state index is -0.417. The molecule has 148 valence electrons. The molecule has 0 bridgehead atoms. The maximum atomic E-state index is 12.6. The first-order valence-electron chi connectivity index (χ1n) is 9.56. The van der Waals surface area contributed by atoms with Crippen molar-refractivity contribution >= 4 is 45.3 Å². The second-order valence-electron chi connectivity index (χ2n) is 7.36. The first kappa shape index (κ1) is 18.9. The summed E-state index contributed by atoms with van der Waals surface area (Å²) in [6, 6.07) is 5.75. The second-order valence-corrected chi connectivity index (χ2v) is 8.21. The van der Waals surface area contributed by atoms with E-state index in [2.05, 4.69) is 41.3 Å². The zero-order valence-electron chi connectivity index (χ0n) is 15.7. The van der Waals surface area contributed by atoms with E-state index in [0.717, 1.165) is 41.7 Å². The average molecular weight is 447 g/mol. The fourth-order valence-corrected chi connectivity index (χ4v) is 3.94. The van der Waals surface area contributed by atoms with Crippen molar-refractivity contribution in [3.05, 3.63) is 28.2 Å². The van der Waals surface area contributed by atoms with Crippen LogP contribution in [0.25, 0.3) is 0 Å². The monoisotopic (exact) mass is 446 g/mol. The van der Waals surface area contributed by atoms with Crippen LogP contribution in [-0.2, 0) is 9.59 Å². The number of halogens is 1. The van der Waals surface area contributed by atoms with Crippen molar-refractivity contribution in [1.82, 2.24) is 15.2 Å². The molecule has 1 atom stereocenters. The number of aromatic nitrogens is 3. The Labute approximate surface area is 171 Å². The Balaban J connectivity index is 1.39. The summed E-state index contributed by atoms with van der Waals surface area (Å²) < 4.78 is 0.993. The van der Waals surface area contributed by atoms with Gasteiger partial charge in [0.1, 0.15) is 0 Å². The SMILES string of the molecule is Cc1cc(N2CC(C(=O)Nc3nc(N4CCCCC4)n[nH]3)CC2=O)ccc1Br. The van der Waals surface area contributed by atoms with E-state index >= 15 is 0 Å². The zero-order chi connectivity index (χ0) is 19.7. The van der Waals surface area contributed by atoms with Gasteiger partial charge in [0.2, 0.25) is 23.7 Å². The first-order valence-corrected chi connectivity index (χ1v) is 10.4. The molecule has 28 heavy (non-hydrogen) atoms. The topological polar surface area (TPSA) is 94.2 Å². The quantitative estimate of drug-likeness (QED) is 0.752. The van der Waals surface area contributed by atoms with Crippen molar-refractivity contribution in [2.24, 2.45) is 5.92 Å². The Morgan fingerprint density at radius 3 is 2.82 bits per heavy atom. The number of nitrogens with one attached hydrogen (secondary N) is 2. The van der Waals surface area contributed by atoms with Crippen LogP contribution >= 0.6 is 15.9 Å². The van der Waals surface area contributed by atoms with E-state index in [0.29, 0.717) is 18.4 Å². The number of anilines is 3. The van der Waals surface area contributed by atoms with Gasteiger partial charge in [0.05, 0.1) is 5.92 Å². The lowest BCUT2D eigenvalue weighted by Gasteiger charge is -2.24. The molecule has 0 radical (unpaired) electrons. The molecule has 2 amide bonds. The third kappa shape index (κ3) is 3.89. The lowest BCUT2D eigenvalue weighted by molar-refractivity contribution is -0.122. The van der Waals surface area contributed by atoms with E-state index in [1.165, 1.54) is 6.42 Å². The van der Waals surface area contributed by atoms with Gasteiger partial charge in [-0.3, -0.25) is 14.9 Å². The molecule has 2 N–H and O–H groups in total. The number of amides is 2. The van der Waals surface area contributed by atoms with Gasteiger partial charge in [-0.15, -0.1) is 5.10 Å². The highest BCUT2D eigenvalue weighted by Gasteiger charge is 2.35. The molecule has 2 fully saturated rings. The summed E-state index contributed by atoms with van der Waals surface area (Å²) >= 11 is 3.47. The maximum absolute atomic E-state index is 12.6. The first-order chi connectivity index (χ1) is 13.5. The number of aromatic amines is 1. The number of H-pyrrole nitrogens is 1. The number of rotatable bonds is 4. The van der Waals surface area contributed by atoms with Gasteiger partial charge in [0, 0.05) is 36.2 Å². The van der Waals surface area contributed by atoms with Crippen LogP contribution in [-0.4, -0.2) is 46.6 Å². The third-order valence-corrected chi connectivity index (χ3v) is 6.19. The molecule has 2 aliphatic rings. The highest BCUT2D eigenvalue weighted by Crippen LogP contribution is 2.29. The minimum Gasteiger partial charge on any atom is -0.340 e. The highest BCUT2D eigenvalue weighted by atomic mass is 79.9. The van der Waals surface area contributed by atoms with Crippen molar-refractivity contribution < 1.29 is 9.59 Å². The number of benzene rings is 1. The van der Waals surface area contributed by atoms with Crippen LogP contribution in [0.3, 0.4) is 0 Å². The Morgan fingerprint density at radius 1 is 1.29 bits per heavy atom. The van der Waals surface area contributed by atoms with Crippen molar-refractivity contribution in [2.45, 2.75) is 32.6 Å². The summed E-state index contributed by atoms with van der Waals surface area (Å²) in [4.78, 5) is 33.3. The largest absolute Gasteiger partial charge is 0.340 e. The van der Waals surface area contributed by atoms with E-state index in [1.54, 1.807) is 4.90 Å². The molecule has 2 saturated heterocycles. The Morgan fingerprint density at radius 2 is 2.07 bits per heavy atom. The summed E-state index contributed by atoms with van der Waals surface area (Å²) in [6.45, 7) is 4.20. The van der Waals surface area contributed by atoms with Crippen LogP contribution in [0.4, 0.5) is 17.6 Å². The van der Waals surface area contributed by atoms with Crippen LogP contribution < -0.4 is 15.1 Å². The molecule has 0 saturated carbocycles. The minimum absolute atomic E-state index is 0.0477. The summed E-state index contributed by atoms with van der Waals surface area (Å²) in [6.07, 6.45) is 3.68. The predicted molar refractivity (Wildman–Crippen MR) is 110 cm³/mol. The normalized spacial score (nSPS) is 19.9. The molecule has 9 heteroatoms. The van der Waals surface area contributed by atoms with Gasteiger partial charge in [0.15, 0.2) is 0 Å². The van der Waals surface area contributed by atoms with Crippen molar-refractivity contribution in [3.63, 3.8) is 0 Å². The fraction of sp³-hybridized carbons (Fsp3) is 0.474. The summed E-state index contributed by atoms with van der Waals surface area (Å²) in [7, 11) is 0. The number of carbonyl (C=O) groups excluding carboxylic acids is 2. The molecule has 2 aliphatic heterocycles. The summed E-state index contributed by atoms with van der Waals surface area (Å²) in [5, 5.41) is 9.77. The molecular formula is C19H23BrN6O2. The molecule has 4 rings (SSSR count). The zero-order valence-corrected chi connectivity index (χ0v) is 17.3. The van der Waals surface area contributed by atoms with Crippen LogP contribution in [0, 0.1) is 12.8 Å². The van der Waals surface area contributed by atoms with Crippen molar-refractivity contribution in [3.8, 4) is 0 Å². The second kappa shape index (κ2) is 7.90. The summed E-state index contributed by atoms with van der Waals surface area (Å²) in [5.41, 5.74) is 1.86. The summed E-state index contributed by atoms with van der Waals surface area (Å²) in [5.74, 6) is 0.264. The van der Waals surface area contributed by atoms with Crippen LogP contribution in [0.2, 0.25) is 0 Å². The molecule has 8 nitrogen and oxygen atoms in total. The van der Waals surface area contributed by atoms with Gasteiger partial charge in [-0.25, -0.2) is 5.10 Å². The Bertz CT molecular complexity index is 892. The van der Waals surface area contributed by atoms with E-state index in [9.17, 15) is 9.59 Å². The number of aryl methyl sites for hydroxylation is 1. The Hall–Kier alpha value is -2.42. The molecular weight excluding hydrogens is 424 g/mol. The lowest BCUT2D eigenvalue weighted by atomic mass is 10.1. The molecule has 2 aromatic rings. The van der Waals surface area contributed by atoms with E-state index in [-0.39, 0.29) is 18.2 Å². The molecule has 1 aromatic carbocycles. The number of hydrogen-bond donors (Lipinski definition) is 2. The Kier molecular flexibility index (Phi) is 5.34. The van der Waals surface area contributed by atoms with Gasteiger partial charge >= 0.3 is 0 Å². The van der Waals surface area contributed by atoms with Crippen molar-refractivity contribution in [1.29, 1.82) is 0 Å². The average Bonchev–Trinajstić information content (AvgIpc) is 3.31. The molecule has 0 spiro atoms. The maximum Gasteiger partial charge on any atom is 0.246 e. The number of nitrogens with zero attached hydrogens (tertiary/aromatic N) is 4. The van der Waals surface area contributed by atoms with Gasteiger partial charge in [-0.05, 0) is 49.9 Å². The fourth-order valence-electron chi connectivity index (χ4n) is 3.69. The van der Waals surface area contributed by atoms with Crippen LogP contribution in [0.1, 0.15) is 31.2 Å². The van der Waals surface area contributed by atoms with E-state index in [1.807, 2.05) is 25.1 Å². The third-order valence-electron chi connectivity index (χ3n) is 5.30. The lowest BCUT2D eigenvalue weighted by Crippen LogP contribution is -2.30. The highest BCUT2D eigenvalue weighted by molar-refractivity contribution is 9.10. The van der Waals surface area contributed by atoms with Gasteiger partial charge < -0.3 is 9.80 Å². The van der Waals surface area contributed by atoms with Crippen LogP contribution in [0.5, 0.6) is 0 Å². The molecule has 3 heterocycles. The molecule has 0 aliphatic carbocycles. The smallest absolute Gasteiger partial charge is 0.246 e. The molecule has 1 aromatic heterocycles. The van der Waals surface area contributed by atoms with Gasteiger partial charge in [-0.1, -0.05) is 15.9 Å². The number of hydrogen-bond acceptors (Lipinski definition) is 5. The number of piperidine rings is 1. The predicted octanol–water partition coefficient (Wildman–Crippen LogP) is 2.86. The standard InChI is InChI=1S/C19H23BrN6O2/c1-12-9-14(5-6-15(12)20)26-11-13(10-16(26)27)17(28)21-18-22-19(24-23-18)25-7-3-2-4-8-25/h5-6,9,13H,2-4,7-8,10-11H2,1H3,(H2,21,22,23,24,28). The number of carbonyl (C=O) groups is 2. The van der Waals surface area contributed by atoms with Crippen molar-refractivity contribution in [2.75, 3.05) is 34.8 Å². The molecule has 1 unspecified atom stereocenters. The van der Waals surface area contributed by atoms with Crippen LogP contribution in [0.15, 0.2) is 22.7 Å². The van der Waals surface area contributed by atoms with E-state index in [4.69, 9.17) is 0 Å². The van der Waals surface area contributed by atoms with Gasteiger partial charge in [0.25, 0.3) is 0 Å². The van der Waals surface area contributed by atoms with E-state index < -0.39 is 5.92 Å².